The van der Waals surface area contributed by atoms with Crippen molar-refractivity contribution in [2.75, 3.05) is 51.2 Å². The van der Waals surface area contributed by atoms with E-state index in [1.807, 2.05) is 0 Å². The first-order chi connectivity index (χ1) is 19.7. The molecule has 2 aliphatic rings. The van der Waals surface area contributed by atoms with E-state index < -0.39 is 41.9 Å². The number of nitrogens with two attached hydrogens (primary N) is 2. The molecule has 1 aromatic heterocycles. The number of anilines is 1. The number of alkyl halides is 3. The molecule has 2 saturated heterocycles. The average Bonchev–Trinajstić information content (AvgIpc) is 2.93. The maximum Gasteiger partial charge on any atom is 0.573 e. The number of hydrogen-bond donors (Lipinski definition) is 4. The summed E-state index contributed by atoms with van der Waals surface area (Å²) in [7, 11) is 0. The smallest absolute Gasteiger partial charge is 0.406 e. The lowest BCUT2D eigenvalue weighted by atomic mass is 10.0. The van der Waals surface area contributed by atoms with Gasteiger partial charge in [0.15, 0.2) is 0 Å². The van der Waals surface area contributed by atoms with Gasteiger partial charge in [-0.2, -0.15) is 4.98 Å². The van der Waals surface area contributed by atoms with Crippen LogP contribution < -0.4 is 27.2 Å². The van der Waals surface area contributed by atoms with Gasteiger partial charge in [-0.15, -0.1) is 13.2 Å². The average molecular weight is 597 g/mol. The Labute approximate surface area is 239 Å². The first kappa shape index (κ1) is 31.2. The number of piperidine rings is 1. The number of aliphatic hydroxyl groups is 1. The molecule has 0 saturated carbocycles. The van der Waals surface area contributed by atoms with Gasteiger partial charge in [0.25, 0.3) is 0 Å². The number of halogens is 3. The van der Waals surface area contributed by atoms with Crippen LogP contribution in [0, 0.1) is 0 Å². The molecule has 3 heterocycles. The van der Waals surface area contributed by atoms with E-state index in [-0.39, 0.29) is 43.7 Å². The zero-order chi connectivity index (χ0) is 30.7. The molecule has 0 unspecified atom stereocenters. The Bertz CT molecular complexity index is 1340. The molecule has 0 radical (unpaired) electrons. The lowest BCUT2D eigenvalue weighted by Crippen LogP contribution is -2.60. The van der Waals surface area contributed by atoms with E-state index in [0.29, 0.717) is 25.2 Å². The van der Waals surface area contributed by atoms with Gasteiger partial charge in [-0.3, -0.25) is 19.6 Å². The van der Waals surface area contributed by atoms with Gasteiger partial charge in [-0.05, 0) is 56.6 Å². The highest BCUT2D eigenvalue weighted by atomic mass is 19.4. The van der Waals surface area contributed by atoms with Crippen LogP contribution in [0.2, 0.25) is 0 Å². The number of nitrogens with zero attached hydrogens (tertiary/aromatic N) is 5. The van der Waals surface area contributed by atoms with E-state index >= 15 is 0 Å². The zero-order valence-corrected chi connectivity index (χ0v) is 23.1. The minimum Gasteiger partial charge on any atom is -0.406 e. The van der Waals surface area contributed by atoms with Crippen LogP contribution in [-0.2, 0) is 11.3 Å². The zero-order valence-electron chi connectivity index (χ0n) is 23.1. The van der Waals surface area contributed by atoms with E-state index in [4.69, 9.17) is 11.5 Å². The molecule has 6 N–H and O–H groups in total. The van der Waals surface area contributed by atoms with Crippen LogP contribution in [0.4, 0.5) is 23.8 Å². The molecule has 2 fully saturated rings. The molecule has 0 spiro atoms. The Morgan fingerprint density at radius 1 is 1.10 bits per heavy atom. The van der Waals surface area contributed by atoms with Crippen LogP contribution in [0.15, 0.2) is 35.3 Å². The van der Waals surface area contributed by atoms with Crippen molar-refractivity contribution in [3.05, 3.63) is 46.5 Å². The second-order valence-corrected chi connectivity index (χ2v) is 10.7. The number of carbonyl (C=O) groups excluding carboxylic acids is 2. The quantitative estimate of drug-likeness (QED) is 0.354. The van der Waals surface area contributed by atoms with Crippen LogP contribution in [0.3, 0.4) is 0 Å². The molecular weight excluding hydrogens is 561 g/mol. The first-order valence-electron chi connectivity index (χ1n) is 13.5. The number of hydrogen-bond acceptors (Lipinski definition) is 9. The Hall–Kier alpha value is -3.73. The number of aliphatic hydroxyl groups excluding tert-OH is 1. The van der Waals surface area contributed by atoms with Gasteiger partial charge >= 0.3 is 18.1 Å². The standard InChI is InChI=1S/C26H35F3N8O5/c1-25(31,16-38)22(39)35-8-10-36(11-9-35)23(40)32-21-4-7-37(24(41)33-21)19-12-17(13-20(14-19)42-26(27,28)29)15-34-5-2-18(30)3-6-34/h4,7,12-14,18,38H,2-3,5-6,8-11,15-16,30-31H2,1H3,(H,32,33,40,41)/t25-/m0/s1. The van der Waals surface area contributed by atoms with Gasteiger partial charge in [0, 0.05) is 51.0 Å². The predicted molar refractivity (Wildman–Crippen MR) is 146 cm³/mol. The van der Waals surface area contributed by atoms with E-state index in [9.17, 15) is 32.7 Å². The van der Waals surface area contributed by atoms with Crippen LogP contribution in [0.5, 0.6) is 5.75 Å². The summed E-state index contributed by atoms with van der Waals surface area (Å²) < 4.78 is 44.3. The number of nitrogens with one attached hydrogen (secondary N) is 1. The molecule has 230 valence electrons. The van der Waals surface area contributed by atoms with Gasteiger partial charge in [-0.1, -0.05) is 0 Å². The summed E-state index contributed by atoms with van der Waals surface area (Å²) in [5.74, 6) is -0.954. The third-order valence-electron chi connectivity index (χ3n) is 7.21. The van der Waals surface area contributed by atoms with Gasteiger partial charge < -0.3 is 31.1 Å². The summed E-state index contributed by atoms with van der Waals surface area (Å²) in [5, 5.41) is 11.9. The number of rotatable bonds is 7. The Morgan fingerprint density at radius 3 is 2.33 bits per heavy atom. The third-order valence-corrected chi connectivity index (χ3v) is 7.21. The van der Waals surface area contributed by atoms with Crippen LogP contribution in [0.25, 0.3) is 5.69 Å². The highest BCUT2D eigenvalue weighted by molar-refractivity contribution is 5.89. The normalized spacial score (nSPS) is 18.5. The molecule has 4 rings (SSSR count). The van der Waals surface area contributed by atoms with E-state index in [1.54, 1.807) is 6.07 Å². The van der Waals surface area contributed by atoms with Crippen LogP contribution >= 0.6 is 0 Å². The largest absolute Gasteiger partial charge is 0.573 e. The Morgan fingerprint density at radius 2 is 1.74 bits per heavy atom. The van der Waals surface area contributed by atoms with Crippen molar-refractivity contribution in [3.8, 4) is 11.4 Å². The fraction of sp³-hybridized carbons (Fsp3) is 0.538. The summed E-state index contributed by atoms with van der Waals surface area (Å²) in [6.07, 6.45) is -2.08. The maximum atomic E-state index is 13.0. The van der Waals surface area contributed by atoms with Crippen molar-refractivity contribution in [2.45, 2.75) is 44.3 Å². The molecule has 16 heteroatoms. The van der Waals surface area contributed by atoms with E-state index in [0.717, 1.165) is 23.5 Å². The molecule has 42 heavy (non-hydrogen) atoms. The topological polar surface area (TPSA) is 172 Å². The second kappa shape index (κ2) is 12.6. The van der Waals surface area contributed by atoms with Crippen molar-refractivity contribution in [1.82, 2.24) is 24.3 Å². The van der Waals surface area contributed by atoms with E-state index in [2.05, 4.69) is 19.9 Å². The van der Waals surface area contributed by atoms with Crippen molar-refractivity contribution in [1.29, 1.82) is 0 Å². The SMILES string of the molecule is C[C@](N)(CO)C(=O)N1CCN(C(=O)Nc2ccn(-c3cc(CN4CCC(N)CC4)cc(OC(F)(F)F)c3)c(=O)n2)CC1. The van der Waals surface area contributed by atoms with Gasteiger partial charge in [0.2, 0.25) is 5.91 Å². The summed E-state index contributed by atoms with van der Waals surface area (Å²) in [4.78, 5) is 46.9. The predicted octanol–water partition coefficient (Wildman–Crippen LogP) is 0.440. The van der Waals surface area contributed by atoms with Gasteiger partial charge in [-0.25, -0.2) is 9.59 Å². The molecule has 2 aromatic rings. The Balaban J connectivity index is 1.46. The monoisotopic (exact) mass is 596 g/mol. The number of ether oxygens (including phenoxy) is 1. The highest BCUT2D eigenvalue weighted by Gasteiger charge is 2.35. The molecule has 3 amide bonds. The summed E-state index contributed by atoms with van der Waals surface area (Å²) in [6, 6.07) is 4.85. The minimum atomic E-state index is -4.92. The maximum absolute atomic E-state index is 13.0. The lowest BCUT2D eigenvalue weighted by molar-refractivity contribution is -0.274. The summed E-state index contributed by atoms with van der Waals surface area (Å²) >= 11 is 0. The molecule has 13 nitrogen and oxygen atoms in total. The van der Waals surface area contributed by atoms with Crippen molar-refractivity contribution < 1.29 is 32.6 Å². The molecule has 0 bridgehead atoms. The number of amides is 3. The fourth-order valence-electron chi connectivity index (χ4n) is 4.83. The minimum absolute atomic E-state index is 0.0536. The molecule has 1 atom stereocenters. The van der Waals surface area contributed by atoms with Crippen LogP contribution in [0.1, 0.15) is 25.3 Å². The van der Waals surface area contributed by atoms with Gasteiger partial charge in [0.05, 0.1) is 12.3 Å². The summed E-state index contributed by atoms with van der Waals surface area (Å²) in [6.45, 7) is 3.42. The second-order valence-electron chi connectivity index (χ2n) is 10.7. The number of likely N-dealkylation sites (tertiary alicyclic amines) is 1. The highest BCUT2D eigenvalue weighted by Crippen LogP contribution is 2.27. The fourth-order valence-corrected chi connectivity index (χ4v) is 4.83. The number of urea groups is 1. The number of piperazine rings is 1. The van der Waals surface area contributed by atoms with Crippen molar-refractivity contribution in [2.24, 2.45) is 11.5 Å². The van der Waals surface area contributed by atoms with Gasteiger partial charge in [0.1, 0.15) is 17.1 Å². The number of carbonyl (C=O) groups is 2. The first-order valence-corrected chi connectivity index (χ1v) is 13.5. The number of aromatic nitrogens is 2. The molecular formula is C26H35F3N8O5. The number of benzene rings is 1. The molecule has 0 aliphatic carbocycles. The lowest BCUT2D eigenvalue weighted by Gasteiger charge is -2.37. The van der Waals surface area contributed by atoms with Crippen molar-refractivity contribution >= 4 is 17.8 Å². The van der Waals surface area contributed by atoms with Crippen molar-refractivity contribution in [3.63, 3.8) is 0 Å². The third kappa shape index (κ3) is 7.96. The molecule has 1 aromatic carbocycles. The summed E-state index contributed by atoms with van der Waals surface area (Å²) in [5.41, 5.74) is 10.1. The molecule has 2 aliphatic heterocycles. The van der Waals surface area contributed by atoms with E-state index in [1.165, 1.54) is 35.1 Å². The van der Waals surface area contributed by atoms with Crippen LogP contribution in [-0.4, -0.2) is 105 Å². The Kier molecular flexibility index (Phi) is 9.40.